The van der Waals surface area contributed by atoms with E-state index in [2.05, 4.69) is 5.32 Å². The third kappa shape index (κ3) is 3.09. The molecular formula is C14H10ClF2NO. The first kappa shape index (κ1) is 13.5. The van der Waals surface area contributed by atoms with Crippen LogP contribution < -0.4 is 5.32 Å². The zero-order valence-electron chi connectivity index (χ0n) is 9.79. The summed E-state index contributed by atoms with van der Waals surface area (Å²) in [4.78, 5) is 11.9. The Bertz CT molecular complexity index is 616. The van der Waals surface area contributed by atoms with E-state index in [0.717, 1.165) is 11.6 Å². The molecule has 0 atom stereocenters. The minimum absolute atomic E-state index is 0.193. The van der Waals surface area contributed by atoms with Crippen LogP contribution in [0.4, 0.5) is 14.5 Å². The lowest BCUT2D eigenvalue weighted by molar-refractivity contribution is 0.102. The van der Waals surface area contributed by atoms with E-state index < -0.39 is 17.5 Å². The molecule has 0 unspecified atom stereocenters. The van der Waals surface area contributed by atoms with Gasteiger partial charge in [0.25, 0.3) is 5.91 Å². The zero-order chi connectivity index (χ0) is 13.8. The van der Waals surface area contributed by atoms with Gasteiger partial charge in [0.2, 0.25) is 0 Å². The summed E-state index contributed by atoms with van der Waals surface area (Å²) in [5, 5.41) is 2.32. The maximum Gasteiger partial charge on any atom is 0.255 e. The molecule has 98 valence electrons. The monoisotopic (exact) mass is 281 g/mol. The highest BCUT2D eigenvalue weighted by Gasteiger charge is 2.12. The highest BCUT2D eigenvalue weighted by atomic mass is 35.5. The number of carbonyl (C=O) groups is 1. The van der Waals surface area contributed by atoms with Crippen molar-refractivity contribution in [2.75, 3.05) is 5.32 Å². The number of rotatable bonds is 3. The minimum atomic E-state index is -1.08. The number of nitrogens with one attached hydrogen (secondary N) is 1. The molecule has 19 heavy (non-hydrogen) atoms. The molecule has 5 heteroatoms. The Morgan fingerprint density at radius 2 is 1.89 bits per heavy atom. The van der Waals surface area contributed by atoms with Gasteiger partial charge in [-0.1, -0.05) is 18.2 Å². The molecule has 0 radical (unpaired) electrons. The van der Waals surface area contributed by atoms with Crippen LogP contribution >= 0.6 is 11.6 Å². The average molecular weight is 282 g/mol. The second-order valence-corrected chi connectivity index (χ2v) is 4.16. The quantitative estimate of drug-likeness (QED) is 0.848. The number of amides is 1. The van der Waals surface area contributed by atoms with Crippen LogP contribution in [0.2, 0.25) is 0 Å². The Labute approximate surface area is 114 Å². The summed E-state index contributed by atoms with van der Waals surface area (Å²) < 4.78 is 26.4. The molecule has 0 aliphatic heterocycles. The molecule has 0 heterocycles. The second kappa shape index (κ2) is 5.80. The van der Waals surface area contributed by atoms with Crippen LogP contribution in [-0.4, -0.2) is 5.91 Å². The van der Waals surface area contributed by atoms with Crippen molar-refractivity contribution >= 4 is 23.2 Å². The summed E-state index contributed by atoms with van der Waals surface area (Å²) in [5.41, 5.74) is 0.914. The predicted octanol–water partition coefficient (Wildman–Crippen LogP) is 3.96. The average Bonchev–Trinajstić information content (AvgIpc) is 2.44. The standard InChI is InChI=1S/C14H10ClF2NO/c15-8-9-3-1-4-10(7-9)14(19)18-12-6-2-5-11(16)13(12)17/h1-7H,8H2,(H,18,19). The fourth-order valence-electron chi connectivity index (χ4n) is 1.59. The number of halogens is 3. The summed E-state index contributed by atoms with van der Waals surface area (Å²) in [6.07, 6.45) is 0. The van der Waals surface area contributed by atoms with E-state index in [1.807, 2.05) is 0 Å². The van der Waals surface area contributed by atoms with Crippen LogP contribution in [0, 0.1) is 11.6 Å². The van der Waals surface area contributed by atoms with Gasteiger partial charge >= 0.3 is 0 Å². The van der Waals surface area contributed by atoms with Crippen LogP contribution in [0.5, 0.6) is 0 Å². The van der Waals surface area contributed by atoms with E-state index in [9.17, 15) is 13.6 Å². The van der Waals surface area contributed by atoms with Crippen LogP contribution in [0.25, 0.3) is 0 Å². The van der Waals surface area contributed by atoms with Crippen LogP contribution in [-0.2, 0) is 5.88 Å². The highest BCUT2D eigenvalue weighted by Crippen LogP contribution is 2.18. The van der Waals surface area contributed by atoms with Gasteiger partial charge in [-0.25, -0.2) is 8.78 Å². The molecule has 1 N–H and O–H groups in total. The first-order valence-electron chi connectivity index (χ1n) is 5.52. The first-order valence-corrected chi connectivity index (χ1v) is 6.05. The van der Waals surface area contributed by atoms with E-state index in [1.165, 1.54) is 12.1 Å². The molecule has 2 nitrogen and oxygen atoms in total. The Morgan fingerprint density at radius 3 is 2.63 bits per heavy atom. The molecule has 1 amide bonds. The van der Waals surface area contributed by atoms with E-state index in [-0.39, 0.29) is 11.6 Å². The van der Waals surface area contributed by atoms with Gasteiger partial charge in [0.15, 0.2) is 11.6 Å². The molecule has 2 aromatic carbocycles. The summed E-state index contributed by atoms with van der Waals surface area (Å²) in [6.45, 7) is 0. The van der Waals surface area contributed by atoms with Crippen molar-refractivity contribution in [2.45, 2.75) is 5.88 Å². The summed E-state index contributed by atoms with van der Waals surface area (Å²) in [5.74, 6) is -2.33. The molecule has 2 aromatic rings. The maximum atomic E-state index is 13.4. The topological polar surface area (TPSA) is 29.1 Å². The third-order valence-electron chi connectivity index (χ3n) is 2.54. The number of hydrogen-bond donors (Lipinski definition) is 1. The smallest absolute Gasteiger partial charge is 0.255 e. The number of carbonyl (C=O) groups excluding carboxylic acids is 1. The summed E-state index contributed by atoms with van der Waals surface area (Å²) in [6, 6.07) is 10.2. The second-order valence-electron chi connectivity index (χ2n) is 3.89. The number of benzene rings is 2. The van der Waals surface area contributed by atoms with E-state index >= 15 is 0 Å². The van der Waals surface area contributed by atoms with E-state index in [4.69, 9.17) is 11.6 Å². The molecule has 0 aromatic heterocycles. The third-order valence-corrected chi connectivity index (χ3v) is 2.85. The minimum Gasteiger partial charge on any atom is -0.319 e. The fourth-order valence-corrected chi connectivity index (χ4v) is 1.76. The van der Waals surface area contributed by atoms with Crippen LogP contribution in [0.15, 0.2) is 42.5 Å². The lowest BCUT2D eigenvalue weighted by Crippen LogP contribution is -2.13. The highest BCUT2D eigenvalue weighted by molar-refractivity contribution is 6.17. The van der Waals surface area contributed by atoms with Gasteiger partial charge in [-0.05, 0) is 29.8 Å². The number of alkyl halides is 1. The van der Waals surface area contributed by atoms with Crippen molar-refractivity contribution < 1.29 is 13.6 Å². The van der Waals surface area contributed by atoms with Gasteiger partial charge in [-0.15, -0.1) is 11.6 Å². The largest absolute Gasteiger partial charge is 0.319 e. The van der Waals surface area contributed by atoms with Gasteiger partial charge in [0.1, 0.15) is 0 Å². The van der Waals surface area contributed by atoms with Crippen molar-refractivity contribution in [1.82, 2.24) is 0 Å². The van der Waals surface area contributed by atoms with Crippen LogP contribution in [0.1, 0.15) is 15.9 Å². The molecule has 2 rings (SSSR count). The summed E-state index contributed by atoms with van der Waals surface area (Å²) in [7, 11) is 0. The Kier molecular flexibility index (Phi) is 4.12. The normalized spacial score (nSPS) is 10.3. The van der Waals surface area contributed by atoms with Gasteiger partial charge < -0.3 is 5.32 Å². The fraction of sp³-hybridized carbons (Fsp3) is 0.0714. The molecule has 0 bridgehead atoms. The molecule has 0 saturated carbocycles. The van der Waals surface area contributed by atoms with Gasteiger partial charge in [-0.3, -0.25) is 4.79 Å². The van der Waals surface area contributed by atoms with Crippen molar-refractivity contribution in [1.29, 1.82) is 0 Å². The lowest BCUT2D eigenvalue weighted by Gasteiger charge is -2.07. The summed E-state index contributed by atoms with van der Waals surface area (Å²) >= 11 is 5.67. The number of hydrogen-bond acceptors (Lipinski definition) is 1. The Balaban J connectivity index is 2.23. The van der Waals surface area contributed by atoms with Crippen molar-refractivity contribution in [3.05, 3.63) is 65.2 Å². The van der Waals surface area contributed by atoms with Crippen molar-refractivity contribution in [2.24, 2.45) is 0 Å². The zero-order valence-corrected chi connectivity index (χ0v) is 10.5. The molecule has 0 fully saturated rings. The Morgan fingerprint density at radius 1 is 1.16 bits per heavy atom. The maximum absolute atomic E-state index is 13.4. The lowest BCUT2D eigenvalue weighted by atomic mass is 10.1. The van der Waals surface area contributed by atoms with Crippen molar-refractivity contribution in [3.63, 3.8) is 0 Å². The van der Waals surface area contributed by atoms with Gasteiger partial charge in [0, 0.05) is 11.4 Å². The van der Waals surface area contributed by atoms with Gasteiger partial charge in [-0.2, -0.15) is 0 Å². The molecular weight excluding hydrogens is 272 g/mol. The van der Waals surface area contributed by atoms with Gasteiger partial charge in [0.05, 0.1) is 5.69 Å². The van der Waals surface area contributed by atoms with E-state index in [0.29, 0.717) is 5.56 Å². The predicted molar refractivity (Wildman–Crippen MR) is 70.3 cm³/mol. The molecule has 0 saturated heterocycles. The van der Waals surface area contributed by atoms with Crippen molar-refractivity contribution in [3.8, 4) is 0 Å². The first-order chi connectivity index (χ1) is 9.11. The molecule has 0 aliphatic rings. The van der Waals surface area contributed by atoms with Crippen LogP contribution in [0.3, 0.4) is 0 Å². The SMILES string of the molecule is O=C(Nc1cccc(F)c1F)c1cccc(CCl)c1. The Hall–Kier alpha value is -1.94. The number of anilines is 1. The van der Waals surface area contributed by atoms with E-state index in [1.54, 1.807) is 24.3 Å². The molecule has 0 aliphatic carbocycles. The molecule has 0 spiro atoms.